The van der Waals surface area contributed by atoms with Crippen LogP contribution in [-0.4, -0.2) is 5.48 Å². The van der Waals surface area contributed by atoms with Crippen molar-refractivity contribution in [2.75, 3.05) is 0 Å². The van der Waals surface area contributed by atoms with Crippen LogP contribution in [0.1, 0.15) is 13.8 Å². The summed E-state index contributed by atoms with van der Waals surface area (Å²) in [6.07, 6.45) is 2.00. The van der Waals surface area contributed by atoms with Crippen LogP contribution in [0.4, 0.5) is 0 Å². The zero-order chi connectivity index (χ0) is 2.71. The van der Waals surface area contributed by atoms with Crippen LogP contribution in [0.15, 0.2) is 0 Å². The minimum atomic E-state index is 0. The Hall–Kier alpha value is 3.27. The van der Waals surface area contributed by atoms with Crippen molar-refractivity contribution in [3.63, 3.8) is 0 Å². The molecule has 0 aliphatic carbocycles. The van der Waals surface area contributed by atoms with Gasteiger partial charge in [-0.1, -0.05) is 0 Å². The van der Waals surface area contributed by atoms with Gasteiger partial charge in [-0.2, -0.15) is 13.8 Å². The van der Waals surface area contributed by atoms with Gasteiger partial charge in [0.05, 0.1) is 0 Å². The molecule has 0 rings (SSSR count). The van der Waals surface area contributed by atoms with Crippen molar-refractivity contribution in [1.29, 1.82) is 0 Å². The molecule has 0 amide bonds. The third-order valence-corrected chi connectivity index (χ3v) is 0. The number of hydrogen-bond donors (Lipinski definition) is 0. The summed E-state index contributed by atoms with van der Waals surface area (Å²) in [6.45, 7) is 4.00. The van der Waals surface area contributed by atoms with Crippen LogP contribution < -0.4 is 0 Å². The quantitative estimate of drug-likeness (QED) is 0.577. The van der Waals surface area contributed by atoms with E-state index in [1.54, 1.807) is 0 Å². The second-order valence-electron chi connectivity index (χ2n) is 0.577. The van der Waals surface area contributed by atoms with E-state index in [0.29, 0.717) is 0 Å². The first-order valence-electron chi connectivity index (χ1n) is 1.15. The minimum absolute atomic E-state index is 0. The Morgan fingerprint density at radius 3 is 0.857 bits per heavy atom. The second-order valence-corrected chi connectivity index (χ2v) is 0.577. The first-order valence-corrected chi connectivity index (χ1v) is 1.15. The molecule has 1 nitrogen and oxygen atoms in total. The molecular weight excluding hydrogens is 319 g/mol. The molecule has 0 atom stereocenters. The molecule has 0 bridgehead atoms. The Morgan fingerprint density at radius 1 is 0.857 bits per heavy atom. The van der Waals surface area contributed by atoms with Crippen LogP contribution in [0.5, 0.6) is 0 Å². The van der Waals surface area contributed by atoms with E-state index >= 15 is 0 Å². The zero-order valence-corrected chi connectivity index (χ0v) is 13.3. The van der Waals surface area contributed by atoms with Gasteiger partial charge < -0.3 is 11.9 Å². The molecule has 3 radical (unpaired) electrons. The average molecular weight is 328 g/mol. The van der Waals surface area contributed by atoms with Crippen LogP contribution in [0.2, 0.25) is 0 Å². The van der Waals surface area contributed by atoms with Gasteiger partial charge in [-0.15, -0.1) is 0 Å². The standard InChI is InChI=1S/C3H7.H2O.3Y/c1-3-2;;;;/h3H,1-2H3;1H2;;;/q-1;;;;. The van der Waals surface area contributed by atoms with E-state index in [9.17, 15) is 0 Å². The predicted molar refractivity (Wildman–Crippen MR) is 19.3 cm³/mol. The van der Waals surface area contributed by atoms with Crippen LogP contribution in [-0.2, 0) is 98.1 Å². The molecule has 0 spiro atoms. The van der Waals surface area contributed by atoms with Crippen molar-refractivity contribution in [1.82, 2.24) is 0 Å². The van der Waals surface area contributed by atoms with Gasteiger partial charge in [-0.25, -0.2) is 0 Å². The predicted octanol–water partition coefficient (Wildman–Crippen LogP) is 0.398. The molecule has 2 N–H and O–H groups in total. The molecule has 0 aromatic heterocycles. The summed E-state index contributed by atoms with van der Waals surface area (Å²) < 4.78 is 0. The van der Waals surface area contributed by atoms with E-state index in [1.807, 2.05) is 20.3 Å². The molecular formula is C3H9OY3-. The minimum Gasteiger partial charge on any atom is -0.412 e. The SMILES string of the molecule is C[CH-]C.O.[Y].[Y].[Y]. The van der Waals surface area contributed by atoms with Crippen molar-refractivity contribution in [2.45, 2.75) is 13.8 Å². The molecule has 0 saturated heterocycles. The maximum Gasteiger partial charge on any atom is 0 e. The van der Waals surface area contributed by atoms with Crippen LogP contribution in [0.25, 0.3) is 0 Å². The fourth-order valence-electron chi connectivity index (χ4n) is 0. The fraction of sp³-hybridized carbons (Fsp3) is 0.667. The molecule has 4 heteroatoms. The maximum atomic E-state index is 2.00. The summed E-state index contributed by atoms with van der Waals surface area (Å²) in [5.41, 5.74) is 0. The Balaban J connectivity index is -0.00000000333. The molecule has 0 aliphatic rings. The zero-order valence-electron chi connectivity index (χ0n) is 4.81. The van der Waals surface area contributed by atoms with Crippen LogP contribution in [0.3, 0.4) is 0 Å². The van der Waals surface area contributed by atoms with Gasteiger partial charge in [0.25, 0.3) is 0 Å². The molecule has 37 valence electrons. The third kappa shape index (κ3) is 45.8. The van der Waals surface area contributed by atoms with Crippen LogP contribution >= 0.6 is 0 Å². The summed E-state index contributed by atoms with van der Waals surface area (Å²) in [5.74, 6) is 0. The van der Waals surface area contributed by atoms with E-state index in [4.69, 9.17) is 0 Å². The van der Waals surface area contributed by atoms with E-state index in [2.05, 4.69) is 0 Å². The van der Waals surface area contributed by atoms with Gasteiger partial charge >= 0.3 is 0 Å². The van der Waals surface area contributed by atoms with E-state index in [-0.39, 0.29) is 104 Å². The van der Waals surface area contributed by atoms with Crippen molar-refractivity contribution in [3.8, 4) is 0 Å². The first-order chi connectivity index (χ1) is 1.41. The van der Waals surface area contributed by atoms with Crippen molar-refractivity contribution in [2.24, 2.45) is 0 Å². The molecule has 0 unspecified atom stereocenters. The molecule has 0 saturated carbocycles. The fourth-order valence-corrected chi connectivity index (χ4v) is 0. The van der Waals surface area contributed by atoms with E-state index < -0.39 is 0 Å². The summed E-state index contributed by atoms with van der Waals surface area (Å²) in [4.78, 5) is 0. The van der Waals surface area contributed by atoms with E-state index in [0.717, 1.165) is 0 Å². The van der Waals surface area contributed by atoms with Crippen LogP contribution in [0, 0.1) is 6.42 Å². The number of hydrogen-bond acceptors (Lipinski definition) is 0. The summed E-state index contributed by atoms with van der Waals surface area (Å²) in [5, 5.41) is 0. The first kappa shape index (κ1) is 31.8. The smallest absolute Gasteiger partial charge is 0 e. The largest absolute Gasteiger partial charge is 0.412 e. The van der Waals surface area contributed by atoms with Crippen molar-refractivity contribution in [3.05, 3.63) is 6.42 Å². The molecule has 0 heterocycles. The van der Waals surface area contributed by atoms with Crippen molar-refractivity contribution >= 4 is 0 Å². The molecule has 7 heavy (non-hydrogen) atoms. The van der Waals surface area contributed by atoms with Gasteiger partial charge in [0.2, 0.25) is 0 Å². The third-order valence-electron chi connectivity index (χ3n) is 0. The second kappa shape index (κ2) is 34.8. The van der Waals surface area contributed by atoms with Gasteiger partial charge in [-0.05, 0) is 0 Å². The Morgan fingerprint density at radius 2 is 0.857 bits per heavy atom. The van der Waals surface area contributed by atoms with Gasteiger partial charge in [0.1, 0.15) is 0 Å². The van der Waals surface area contributed by atoms with Gasteiger partial charge in [0, 0.05) is 98.1 Å². The molecule has 0 aromatic carbocycles. The summed E-state index contributed by atoms with van der Waals surface area (Å²) >= 11 is 0. The summed E-state index contributed by atoms with van der Waals surface area (Å²) in [6, 6.07) is 0. The molecule has 0 fully saturated rings. The normalized spacial score (nSPS) is 2.57. The Labute approximate surface area is 121 Å². The Kier molecular flexibility index (Phi) is 158. The Bertz CT molecular complexity index is 10.1. The summed E-state index contributed by atoms with van der Waals surface area (Å²) in [7, 11) is 0. The van der Waals surface area contributed by atoms with Gasteiger partial charge in [-0.3, -0.25) is 0 Å². The van der Waals surface area contributed by atoms with Crippen molar-refractivity contribution < 1.29 is 104 Å². The topological polar surface area (TPSA) is 31.5 Å². The monoisotopic (exact) mass is 328 g/mol. The molecule has 0 aromatic rings. The van der Waals surface area contributed by atoms with E-state index in [1.165, 1.54) is 0 Å². The maximum absolute atomic E-state index is 2.00. The van der Waals surface area contributed by atoms with Gasteiger partial charge in [0.15, 0.2) is 0 Å². The molecule has 0 aliphatic heterocycles. The number of rotatable bonds is 0. The average Bonchev–Trinajstić information content (AvgIpc) is 0.918.